The average Bonchev–Trinajstić information content (AvgIpc) is 3.18. The van der Waals surface area contributed by atoms with Crippen molar-refractivity contribution in [2.45, 2.75) is 33.4 Å². The zero-order chi connectivity index (χ0) is 22.7. The molecule has 2 aromatic carbocycles. The highest BCUT2D eigenvalue weighted by molar-refractivity contribution is 7.17. The summed E-state index contributed by atoms with van der Waals surface area (Å²) < 4.78 is 2.66. The second-order valence-electron chi connectivity index (χ2n) is 8.20. The maximum Gasteiger partial charge on any atom is 0.332 e. The highest BCUT2D eigenvalue weighted by Crippen LogP contribution is 2.24. The third-order valence-electron chi connectivity index (χ3n) is 5.18. The van der Waals surface area contributed by atoms with Crippen LogP contribution in [0.3, 0.4) is 0 Å². The van der Waals surface area contributed by atoms with E-state index in [2.05, 4.69) is 19.2 Å². The Labute approximate surface area is 189 Å². The number of nitrogens with one attached hydrogen (secondary N) is 1. The fraction of sp³-hybridized carbons (Fsp3) is 0.240. The van der Waals surface area contributed by atoms with Gasteiger partial charge in [0.1, 0.15) is 11.4 Å². The quantitative estimate of drug-likeness (QED) is 0.463. The molecule has 4 rings (SSSR count). The molecule has 0 bridgehead atoms. The minimum atomic E-state index is -0.479. The molecule has 2 aromatic heterocycles. The average molecular weight is 448 g/mol. The molecule has 32 heavy (non-hydrogen) atoms. The van der Waals surface area contributed by atoms with Gasteiger partial charge >= 0.3 is 5.69 Å². The van der Waals surface area contributed by atoms with Gasteiger partial charge in [-0.3, -0.25) is 18.7 Å². The zero-order valence-electron chi connectivity index (χ0n) is 18.1. The molecule has 0 aliphatic rings. The summed E-state index contributed by atoms with van der Waals surface area (Å²) in [6.07, 6.45) is 0.731. The van der Waals surface area contributed by atoms with E-state index >= 15 is 0 Å². The van der Waals surface area contributed by atoms with Gasteiger partial charge in [-0.25, -0.2) is 4.79 Å². The van der Waals surface area contributed by atoms with Crippen molar-refractivity contribution in [3.8, 4) is 0 Å². The summed E-state index contributed by atoms with van der Waals surface area (Å²) in [6, 6.07) is 18.5. The molecule has 164 valence electrons. The van der Waals surface area contributed by atoms with Crippen molar-refractivity contribution in [1.82, 2.24) is 9.13 Å². The summed E-state index contributed by atoms with van der Waals surface area (Å²) in [5.74, 6) is 0.0415. The van der Waals surface area contributed by atoms with E-state index < -0.39 is 5.69 Å². The Balaban J connectivity index is 1.81. The highest BCUT2D eigenvalue weighted by Gasteiger charge is 2.20. The topological polar surface area (TPSA) is 73.1 Å². The van der Waals surface area contributed by atoms with Crippen molar-refractivity contribution in [3.63, 3.8) is 0 Å². The Morgan fingerprint density at radius 3 is 2.28 bits per heavy atom. The normalized spacial score (nSPS) is 11.2. The molecular weight excluding hydrogens is 422 g/mol. The minimum absolute atomic E-state index is 0.158. The minimum Gasteiger partial charge on any atom is -0.325 e. The molecule has 0 spiro atoms. The number of hydrogen-bond donors (Lipinski definition) is 1. The number of nitrogens with zero attached hydrogens (tertiary/aromatic N) is 2. The van der Waals surface area contributed by atoms with Crippen molar-refractivity contribution in [3.05, 3.63) is 98.0 Å². The molecular formula is C25H25N3O3S. The van der Waals surface area contributed by atoms with Gasteiger partial charge in [-0.2, -0.15) is 0 Å². The molecule has 2 heterocycles. The molecule has 6 nitrogen and oxygen atoms in total. The van der Waals surface area contributed by atoms with Gasteiger partial charge in [-0.05, 0) is 41.0 Å². The third-order valence-corrected chi connectivity index (χ3v) is 6.23. The highest BCUT2D eigenvalue weighted by atomic mass is 32.1. The SMILES string of the molecule is CC(C)Cc1csc2c1c(=O)n(Cc1ccccc1)c(=O)n2CC(=O)Nc1ccccc1. The number of aromatic nitrogens is 2. The smallest absolute Gasteiger partial charge is 0.325 e. The van der Waals surface area contributed by atoms with Crippen molar-refractivity contribution >= 4 is 33.1 Å². The van der Waals surface area contributed by atoms with E-state index in [9.17, 15) is 14.4 Å². The second kappa shape index (κ2) is 9.36. The molecule has 0 unspecified atom stereocenters. The number of benzene rings is 2. The molecule has 0 atom stereocenters. The van der Waals surface area contributed by atoms with Gasteiger partial charge in [-0.15, -0.1) is 11.3 Å². The fourth-order valence-electron chi connectivity index (χ4n) is 3.76. The van der Waals surface area contributed by atoms with E-state index in [0.29, 0.717) is 21.8 Å². The standard InChI is InChI=1S/C25H25N3O3S/c1-17(2)13-19-16-32-24-22(19)23(30)27(14-18-9-5-3-6-10-18)25(31)28(24)15-21(29)26-20-11-7-4-8-12-20/h3-12,16-17H,13-15H2,1-2H3,(H,26,29). The lowest BCUT2D eigenvalue weighted by Crippen LogP contribution is -2.41. The van der Waals surface area contributed by atoms with Crippen LogP contribution in [0.15, 0.2) is 75.6 Å². The maximum absolute atomic E-state index is 13.4. The van der Waals surface area contributed by atoms with E-state index in [-0.39, 0.29) is 24.6 Å². The predicted octanol–water partition coefficient (Wildman–Crippen LogP) is 4.11. The van der Waals surface area contributed by atoms with E-state index in [1.807, 2.05) is 53.9 Å². The Morgan fingerprint density at radius 1 is 0.969 bits per heavy atom. The van der Waals surface area contributed by atoms with Crippen LogP contribution in [0, 0.1) is 5.92 Å². The molecule has 4 aromatic rings. The Bertz CT molecular complexity index is 1350. The molecule has 7 heteroatoms. The summed E-state index contributed by atoms with van der Waals surface area (Å²) in [5, 5.41) is 5.29. The lowest BCUT2D eigenvalue weighted by atomic mass is 10.0. The van der Waals surface area contributed by atoms with Crippen LogP contribution in [0.4, 0.5) is 5.69 Å². The summed E-state index contributed by atoms with van der Waals surface area (Å²) in [6.45, 7) is 4.18. The predicted molar refractivity (Wildman–Crippen MR) is 130 cm³/mol. The first-order valence-electron chi connectivity index (χ1n) is 10.6. The number of thiophene rings is 1. The van der Waals surface area contributed by atoms with Crippen molar-refractivity contribution in [2.24, 2.45) is 5.92 Å². The van der Waals surface area contributed by atoms with E-state index in [0.717, 1.165) is 17.5 Å². The van der Waals surface area contributed by atoms with Crippen LogP contribution in [0.2, 0.25) is 0 Å². The summed E-state index contributed by atoms with van der Waals surface area (Å²) in [4.78, 5) is 40.1. The van der Waals surface area contributed by atoms with Gasteiger partial charge < -0.3 is 5.32 Å². The van der Waals surface area contributed by atoms with Gasteiger partial charge in [0.2, 0.25) is 5.91 Å². The monoisotopic (exact) mass is 447 g/mol. The number of carbonyl (C=O) groups is 1. The van der Waals surface area contributed by atoms with E-state index in [1.54, 1.807) is 12.1 Å². The number of carbonyl (C=O) groups excluding carboxylic acids is 1. The lowest BCUT2D eigenvalue weighted by Gasteiger charge is -2.13. The van der Waals surface area contributed by atoms with Crippen molar-refractivity contribution < 1.29 is 4.79 Å². The molecule has 0 radical (unpaired) electrons. The number of para-hydroxylation sites is 1. The maximum atomic E-state index is 13.4. The number of anilines is 1. The van der Waals surface area contributed by atoms with Gasteiger partial charge in [0.05, 0.1) is 11.9 Å². The zero-order valence-corrected chi connectivity index (χ0v) is 18.9. The summed E-state index contributed by atoms with van der Waals surface area (Å²) >= 11 is 1.34. The van der Waals surface area contributed by atoms with Crippen LogP contribution < -0.4 is 16.6 Å². The Hall–Kier alpha value is -3.45. The molecule has 1 N–H and O–H groups in total. The largest absolute Gasteiger partial charge is 0.332 e. The van der Waals surface area contributed by atoms with Crippen LogP contribution in [0.25, 0.3) is 10.2 Å². The van der Waals surface area contributed by atoms with E-state index in [1.165, 1.54) is 20.5 Å². The summed E-state index contributed by atoms with van der Waals surface area (Å²) in [7, 11) is 0. The molecule has 0 aliphatic carbocycles. The van der Waals surface area contributed by atoms with Crippen molar-refractivity contribution in [2.75, 3.05) is 5.32 Å². The molecule has 0 fully saturated rings. The number of fused-ring (bicyclic) bond motifs is 1. The summed E-state index contributed by atoms with van der Waals surface area (Å²) in [5.41, 5.74) is 1.65. The molecule has 0 aliphatic heterocycles. The van der Waals surface area contributed by atoms with Gasteiger partial charge in [0, 0.05) is 5.69 Å². The van der Waals surface area contributed by atoms with Crippen LogP contribution in [0.1, 0.15) is 25.0 Å². The first kappa shape index (κ1) is 21.8. The van der Waals surface area contributed by atoms with Crippen LogP contribution in [0.5, 0.6) is 0 Å². The Kier molecular flexibility index (Phi) is 6.37. The third kappa shape index (κ3) is 4.57. The first-order valence-corrected chi connectivity index (χ1v) is 11.4. The van der Waals surface area contributed by atoms with Gasteiger partial charge in [0.25, 0.3) is 5.56 Å². The van der Waals surface area contributed by atoms with Crippen LogP contribution in [-0.2, 0) is 24.3 Å². The Morgan fingerprint density at radius 2 is 1.62 bits per heavy atom. The molecule has 0 saturated carbocycles. The first-order chi connectivity index (χ1) is 15.4. The molecule has 0 saturated heterocycles. The number of amides is 1. The fourth-order valence-corrected chi connectivity index (χ4v) is 4.84. The van der Waals surface area contributed by atoms with Crippen LogP contribution in [-0.4, -0.2) is 15.0 Å². The lowest BCUT2D eigenvalue weighted by molar-refractivity contribution is -0.116. The van der Waals surface area contributed by atoms with E-state index in [4.69, 9.17) is 0 Å². The van der Waals surface area contributed by atoms with Crippen LogP contribution >= 0.6 is 11.3 Å². The second-order valence-corrected chi connectivity index (χ2v) is 9.06. The van der Waals surface area contributed by atoms with Gasteiger partial charge in [0.15, 0.2) is 0 Å². The number of rotatable bonds is 7. The van der Waals surface area contributed by atoms with Gasteiger partial charge in [-0.1, -0.05) is 62.4 Å². The number of hydrogen-bond acceptors (Lipinski definition) is 4. The molecule has 1 amide bonds. The van der Waals surface area contributed by atoms with Crippen molar-refractivity contribution in [1.29, 1.82) is 0 Å².